The van der Waals surface area contributed by atoms with E-state index in [-0.39, 0.29) is 25.8 Å². The summed E-state index contributed by atoms with van der Waals surface area (Å²) >= 11 is 0. The third-order valence-corrected chi connectivity index (χ3v) is 1.50. The van der Waals surface area contributed by atoms with E-state index < -0.39 is 0 Å². The van der Waals surface area contributed by atoms with Crippen molar-refractivity contribution in [3.63, 3.8) is 0 Å². The minimum absolute atomic E-state index is 0. The van der Waals surface area contributed by atoms with E-state index in [9.17, 15) is 0 Å². The molecular weight excluding hydrogens is 294 g/mol. The first-order valence-electron chi connectivity index (χ1n) is 2.83. The van der Waals surface area contributed by atoms with E-state index in [1.807, 2.05) is 0 Å². The average Bonchev–Trinajstić information content (AvgIpc) is 1.71. The van der Waals surface area contributed by atoms with Crippen molar-refractivity contribution in [2.45, 2.75) is 27.7 Å². The first-order valence-corrected chi connectivity index (χ1v) is 3.50. The summed E-state index contributed by atoms with van der Waals surface area (Å²) in [6.07, 6.45) is 2.10. The van der Waals surface area contributed by atoms with Crippen LogP contribution in [0.25, 0.3) is 0 Å². The van der Waals surface area contributed by atoms with Crippen LogP contribution in [0, 0.1) is 18.5 Å². The first-order chi connectivity index (χ1) is 3.56. The predicted octanol–water partition coefficient (Wildman–Crippen LogP) is 2.91. The van der Waals surface area contributed by atoms with Crippen molar-refractivity contribution in [2.75, 3.05) is 0 Å². The van der Waals surface area contributed by atoms with Gasteiger partial charge in [0.15, 0.2) is 0 Å². The van der Waals surface area contributed by atoms with Gasteiger partial charge in [0.2, 0.25) is 0 Å². The molecule has 9 heavy (non-hydrogen) atoms. The molecule has 0 amide bonds. The molecule has 2 heteroatoms. The van der Waals surface area contributed by atoms with Gasteiger partial charge in [-0.25, -0.2) is 0 Å². The van der Waals surface area contributed by atoms with Crippen LogP contribution in [-0.4, -0.2) is 0 Å². The van der Waals surface area contributed by atoms with E-state index in [4.69, 9.17) is 0 Å². The van der Waals surface area contributed by atoms with Gasteiger partial charge >= 0.3 is 0 Å². The zero-order valence-electron chi connectivity index (χ0n) is 6.86. The monoisotopic (exact) mass is 312 g/mol. The molecule has 56 valence electrons. The van der Waals surface area contributed by atoms with Crippen LogP contribution < -0.4 is 0 Å². The maximum Gasteiger partial charge on any atom is 0 e. The van der Waals surface area contributed by atoms with Crippen LogP contribution in [-0.2, 0) is 25.8 Å². The second-order valence-electron chi connectivity index (χ2n) is 2.53. The fourth-order valence-corrected chi connectivity index (χ4v) is 0. The normalized spacial score (nSPS) is 8.67. The molecule has 0 heterocycles. The number of hydrogen-bond acceptors (Lipinski definition) is 0. The van der Waals surface area contributed by atoms with Gasteiger partial charge in [-0.05, 0) is 0 Å². The molecule has 0 aliphatic rings. The Hall–Kier alpha value is 1.30. The number of rotatable bonds is 0. The maximum absolute atomic E-state index is 3.25. The quantitative estimate of drug-likeness (QED) is 0.367. The largest absolute Gasteiger partial charge is 0.346 e. The Morgan fingerprint density at radius 2 is 1.33 bits per heavy atom. The van der Waals surface area contributed by atoms with Crippen LogP contribution in [0.15, 0.2) is 0 Å². The molecule has 1 atom stereocenters. The van der Waals surface area contributed by atoms with Crippen LogP contribution in [0.4, 0.5) is 0 Å². The molecule has 0 bridgehead atoms. The first kappa shape index (κ1) is 16.7. The van der Waals surface area contributed by atoms with Crippen molar-refractivity contribution in [1.29, 1.82) is 0 Å². The molecule has 0 aromatic heterocycles. The smallest absolute Gasteiger partial charge is 0 e. The Balaban J connectivity index is -0.000000109. The second-order valence-corrected chi connectivity index (χ2v) is 2.87. The molecule has 0 saturated carbocycles. The van der Waals surface area contributed by atoms with Crippen molar-refractivity contribution in [3.8, 4) is 0 Å². The Bertz CT molecular complexity index is 38.7. The summed E-state index contributed by atoms with van der Waals surface area (Å²) in [7, 11) is 2.60. The third-order valence-electron chi connectivity index (χ3n) is 0.500. The van der Waals surface area contributed by atoms with Crippen molar-refractivity contribution in [1.82, 2.24) is 0 Å². The summed E-state index contributed by atoms with van der Waals surface area (Å²) < 4.78 is 0. The van der Waals surface area contributed by atoms with Crippen LogP contribution in [0.2, 0.25) is 0 Å². The van der Waals surface area contributed by atoms with Gasteiger partial charge in [0.25, 0.3) is 0 Å². The van der Waals surface area contributed by atoms with Crippen molar-refractivity contribution in [3.05, 3.63) is 13.1 Å². The molecule has 0 aliphatic heterocycles. The second kappa shape index (κ2) is 9.30. The van der Waals surface area contributed by atoms with Crippen molar-refractivity contribution in [2.24, 2.45) is 5.41 Å². The Morgan fingerprint density at radius 3 is 1.33 bits per heavy atom. The molecule has 0 aromatic carbocycles. The average molecular weight is 311 g/mol. The van der Waals surface area contributed by atoms with Gasteiger partial charge in [-0.1, -0.05) is 20.8 Å². The topological polar surface area (TPSA) is 0 Å². The fourth-order valence-electron chi connectivity index (χ4n) is 0. The van der Waals surface area contributed by atoms with Crippen LogP contribution in [0.5, 0.6) is 0 Å². The summed E-state index contributed by atoms with van der Waals surface area (Å²) in [6, 6.07) is 0. The van der Waals surface area contributed by atoms with Crippen molar-refractivity contribution >= 4 is 9.24 Å². The summed E-state index contributed by atoms with van der Waals surface area (Å²) in [5.41, 5.74) is 0.380. The summed E-state index contributed by atoms with van der Waals surface area (Å²) in [6.45, 7) is 11.5. The van der Waals surface area contributed by atoms with Gasteiger partial charge in [-0.3, -0.25) is 9.24 Å². The minimum atomic E-state index is 0. The summed E-state index contributed by atoms with van der Waals surface area (Å²) in [4.78, 5) is 0. The van der Waals surface area contributed by atoms with E-state index in [0.717, 1.165) is 0 Å². The SMILES string of the molecule is CC(C)(C)[CH-]P.[CH2-]C.[Hf]. The molecule has 0 saturated heterocycles. The van der Waals surface area contributed by atoms with E-state index >= 15 is 0 Å². The summed E-state index contributed by atoms with van der Waals surface area (Å²) in [5, 5.41) is 0. The molecular formula is C7H17HfP-2. The van der Waals surface area contributed by atoms with Gasteiger partial charge < -0.3 is 13.1 Å². The van der Waals surface area contributed by atoms with Gasteiger partial charge in [0.1, 0.15) is 0 Å². The molecule has 0 aliphatic carbocycles. The standard InChI is InChI=1S/C5H12P.C2H5.Hf/c1-5(2,3)4-6;1-2;/h4H,6H2,1-3H3;1H2,2H3;/q2*-1;. The van der Waals surface area contributed by atoms with Crippen LogP contribution in [0.1, 0.15) is 27.7 Å². The van der Waals surface area contributed by atoms with Gasteiger partial charge in [0, 0.05) is 25.8 Å². The number of hydrogen-bond donors (Lipinski definition) is 0. The van der Waals surface area contributed by atoms with Gasteiger partial charge in [0.05, 0.1) is 0 Å². The van der Waals surface area contributed by atoms with E-state index in [1.165, 1.54) is 0 Å². The Kier molecular flexibility index (Phi) is 17.3. The minimum Gasteiger partial charge on any atom is -0.346 e. The molecule has 0 rings (SSSR count). The van der Waals surface area contributed by atoms with Gasteiger partial charge in [-0.15, -0.1) is 0 Å². The molecule has 0 aromatic rings. The molecule has 1 unspecified atom stereocenters. The zero-order valence-corrected chi connectivity index (χ0v) is 11.6. The third kappa shape index (κ3) is 26.8. The van der Waals surface area contributed by atoms with Crippen LogP contribution >= 0.6 is 9.24 Å². The van der Waals surface area contributed by atoms with E-state index in [0.29, 0.717) is 5.41 Å². The maximum atomic E-state index is 3.25. The Morgan fingerprint density at radius 1 is 1.22 bits per heavy atom. The summed E-state index contributed by atoms with van der Waals surface area (Å²) in [5.74, 6) is 0. The van der Waals surface area contributed by atoms with Crippen LogP contribution in [0.3, 0.4) is 0 Å². The van der Waals surface area contributed by atoms with E-state index in [2.05, 4.69) is 43.1 Å². The van der Waals surface area contributed by atoms with Crippen molar-refractivity contribution < 1.29 is 25.8 Å². The predicted molar refractivity (Wildman–Crippen MR) is 44.5 cm³/mol. The molecule has 0 spiro atoms. The van der Waals surface area contributed by atoms with Gasteiger partial charge in [-0.2, -0.15) is 12.3 Å². The molecule has 0 radical (unpaired) electrons. The molecule has 0 N–H and O–H groups in total. The molecule has 0 fully saturated rings. The Labute approximate surface area is 81.2 Å². The zero-order chi connectivity index (χ0) is 7.21. The van der Waals surface area contributed by atoms with E-state index in [1.54, 1.807) is 6.92 Å². The molecule has 0 nitrogen and oxygen atoms in total. The fraction of sp³-hybridized carbons (Fsp3) is 0.714.